The fraction of sp³-hybridized carbons (Fsp3) is 0.963. The molecule has 0 aromatic rings. The van der Waals surface area contributed by atoms with Crippen molar-refractivity contribution in [1.29, 1.82) is 0 Å². The molecule has 4 heteroatoms. The van der Waals surface area contributed by atoms with Gasteiger partial charge in [0.1, 0.15) is 0 Å². The normalized spacial score (nSPS) is 45.1. The first kappa shape index (κ1) is 23.5. The van der Waals surface area contributed by atoms with E-state index < -0.39 is 18.2 Å². The van der Waals surface area contributed by atoms with E-state index in [1.165, 1.54) is 64.2 Å². The zero-order chi connectivity index (χ0) is 22.4. The molecule has 9 atom stereocenters. The first-order valence-electron chi connectivity index (χ1n) is 13.2. The number of fused-ring (bicyclic) bond motifs is 5. The zero-order valence-electron chi connectivity index (χ0n) is 20.1. The molecular formula is C27H46O4. The molecule has 178 valence electrons. The number of hydrogen-bond donors (Lipinski definition) is 3. The van der Waals surface area contributed by atoms with Gasteiger partial charge in [-0.05, 0) is 111 Å². The van der Waals surface area contributed by atoms with Crippen molar-refractivity contribution >= 4 is 5.97 Å². The standard InChI is InChI=1S/C27H46O4/c1-18(7-6-15-27(31,17-28)24(29)30)21-11-12-22-20-10-9-19-8-4-5-14-25(19,2)23(20)13-16-26(21,22)3/h18-23,28,31H,4-17H2,1-3H3,(H,29,30)/t18-,19?,20+,21-,22+,23+,25+,26-,27?/m1/s1. The second-order valence-corrected chi connectivity index (χ2v) is 12.5. The highest BCUT2D eigenvalue weighted by Gasteiger charge is 2.60. The number of aliphatic hydroxyl groups excluding tert-OH is 1. The van der Waals surface area contributed by atoms with E-state index in [0.29, 0.717) is 29.1 Å². The average Bonchev–Trinajstić information content (AvgIpc) is 3.10. The highest BCUT2D eigenvalue weighted by Crippen LogP contribution is 2.68. The number of rotatable bonds is 7. The molecule has 3 N–H and O–H groups in total. The topological polar surface area (TPSA) is 77.8 Å². The summed E-state index contributed by atoms with van der Waals surface area (Å²) in [6.07, 6.45) is 15.9. The van der Waals surface area contributed by atoms with Crippen molar-refractivity contribution in [3.05, 3.63) is 0 Å². The predicted octanol–water partition coefficient (Wildman–Crippen LogP) is 5.65. The Morgan fingerprint density at radius 3 is 2.45 bits per heavy atom. The third-order valence-corrected chi connectivity index (χ3v) is 11.3. The van der Waals surface area contributed by atoms with Crippen LogP contribution in [-0.2, 0) is 4.79 Å². The fourth-order valence-corrected chi connectivity index (χ4v) is 9.44. The van der Waals surface area contributed by atoms with Gasteiger partial charge < -0.3 is 15.3 Å². The van der Waals surface area contributed by atoms with Crippen molar-refractivity contribution in [3.63, 3.8) is 0 Å². The summed E-state index contributed by atoms with van der Waals surface area (Å²) in [4.78, 5) is 11.3. The summed E-state index contributed by atoms with van der Waals surface area (Å²) < 4.78 is 0. The Kier molecular flexibility index (Phi) is 6.55. The van der Waals surface area contributed by atoms with Crippen molar-refractivity contribution in [2.45, 2.75) is 110 Å². The molecule has 0 saturated heterocycles. The lowest BCUT2D eigenvalue weighted by atomic mass is 9.44. The minimum atomic E-state index is -1.98. The molecule has 0 spiro atoms. The number of hydrogen-bond acceptors (Lipinski definition) is 3. The lowest BCUT2D eigenvalue weighted by molar-refractivity contribution is -0.163. The maximum absolute atomic E-state index is 11.3. The molecule has 4 aliphatic rings. The molecule has 0 radical (unpaired) electrons. The summed E-state index contributed by atoms with van der Waals surface area (Å²) >= 11 is 0. The molecule has 0 aliphatic heterocycles. The first-order valence-corrected chi connectivity index (χ1v) is 13.2. The molecule has 0 aromatic heterocycles. The fourth-order valence-electron chi connectivity index (χ4n) is 9.44. The van der Waals surface area contributed by atoms with Gasteiger partial charge in [0.05, 0.1) is 6.61 Å². The molecule has 0 amide bonds. The van der Waals surface area contributed by atoms with Crippen LogP contribution in [0, 0.1) is 46.3 Å². The van der Waals surface area contributed by atoms with Crippen LogP contribution in [0.2, 0.25) is 0 Å². The van der Waals surface area contributed by atoms with Crippen LogP contribution in [0.5, 0.6) is 0 Å². The maximum Gasteiger partial charge on any atom is 0.338 e. The molecule has 4 nitrogen and oxygen atoms in total. The largest absolute Gasteiger partial charge is 0.479 e. The molecule has 31 heavy (non-hydrogen) atoms. The summed E-state index contributed by atoms with van der Waals surface area (Å²) in [6, 6.07) is 0. The van der Waals surface area contributed by atoms with E-state index in [-0.39, 0.29) is 6.42 Å². The average molecular weight is 435 g/mol. The summed E-state index contributed by atoms with van der Waals surface area (Å²) in [7, 11) is 0. The van der Waals surface area contributed by atoms with Gasteiger partial charge in [-0.2, -0.15) is 0 Å². The number of carbonyl (C=O) groups is 1. The van der Waals surface area contributed by atoms with Crippen LogP contribution in [-0.4, -0.2) is 33.5 Å². The van der Waals surface area contributed by atoms with Crippen molar-refractivity contribution in [1.82, 2.24) is 0 Å². The molecule has 0 aromatic carbocycles. The number of aliphatic hydroxyl groups is 2. The van der Waals surface area contributed by atoms with E-state index in [0.717, 1.165) is 30.1 Å². The quantitative estimate of drug-likeness (QED) is 0.484. The van der Waals surface area contributed by atoms with Crippen molar-refractivity contribution in [2.75, 3.05) is 6.61 Å². The van der Waals surface area contributed by atoms with E-state index in [1.807, 2.05) is 0 Å². The lowest BCUT2D eigenvalue weighted by Crippen LogP contribution is -2.53. The molecule has 2 unspecified atom stereocenters. The third kappa shape index (κ3) is 3.88. The van der Waals surface area contributed by atoms with Gasteiger partial charge in [-0.1, -0.05) is 40.0 Å². The van der Waals surface area contributed by atoms with Gasteiger partial charge in [0.2, 0.25) is 0 Å². The monoisotopic (exact) mass is 434 g/mol. The Labute approximate surface area is 189 Å². The van der Waals surface area contributed by atoms with Gasteiger partial charge in [0, 0.05) is 0 Å². The second kappa shape index (κ2) is 8.63. The van der Waals surface area contributed by atoms with E-state index in [1.54, 1.807) is 0 Å². The number of carboxylic acids is 1. The summed E-state index contributed by atoms with van der Waals surface area (Å²) in [5.41, 5.74) is -0.954. The SMILES string of the molecule is C[C@H](CCCC(O)(CO)C(=O)O)[C@H]1CC[C@H]2[C@@H]3CCC4CCCC[C@]4(C)[C@H]3CC[C@]12C. The molecule has 4 saturated carbocycles. The zero-order valence-corrected chi connectivity index (χ0v) is 20.1. The Hall–Kier alpha value is -0.610. The molecule has 4 rings (SSSR count). The summed E-state index contributed by atoms with van der Waals surface area (Å²) in [6.45, 7) is 6.88. The van der Waals surface area contributed by atoms with Gasteiger partial charge in [0.15, 0.2) is 5.60 Å². The van der Waals surface area contributed by atoms with Crippen molar-refractivity contribution in [3.8, 4) is 0 Å². The van der Waals surface area contributed by atoms with Crippen LogP contribution in [0.15, 0.2) is 0 Å². The van der Waals surface area contributed by atoms with E-state index in [9.17, 15) is 20.1 Å². The molecular weight excluding hydrogens is 388 g/mol. The highest BCUT2D eigenvalue weighted by atomic mass is 16.4. The van der Waals surface area contributed by atoms with Crippen LogP contribution in [0.4, 0.5) is 0 Å². The smallest absolute Gasteiger partial charge is 0.338 e. The molecule has 4 fully saturated rings. The Morgan fingerprint density at radius 2 is 1.74 bits per heavy atom. The summed E-state index contributed by atoms with van der Waals surface area (Å²) in [5.74, 6) is 3.65. The van der Waals surface area contributed by atoms with Crippen LogP contribution in [0.1, 0.15) is 104 Å². The number of aliphatic carboxylic acids is 1. The minimum Gasteiger partial charge on any atom is -0.479 e. The Morgan fingerprint density at radius 1 is 1.00 bits per heavy atom. The maximum atomic E-state index is 11.3. The van der Waals surface area contributed by atoms with Gasteiger partial charge in [-0.25, -0.2) is 4.79 Å². The van der Waals surface area contributed by atoms with Gasteiger partial charge in [-0.3, -0.25) is 0 Å². The van der Waals surface area contributed by atoms with Crippen LogP contribution < -0.4 is 0 Å². The van der Waals surface area contributed by atoms with E-state index in [4.69, 9.17) is 0 Å². The Bertz CT molecular complexity index is 664. The third-order valence-electron chi connectivity index (χ3n) is 11.3. The van der Waals surface area contributed by atoms with Crippen LogP contribution in [0.3, 0.4) is 0 Å². The van der Waals surface area contributed by atoms with Crippen LogP contribution in [0.25, 0.3) is 0 Å². The van der Waals surface area contributed by atoms with Gasteiger partial charge in [-0.15, -0.1) is 0 Å². The number of carboxylic acid groups (broad SMARTS) is 1. The Balaban J connectivity index is 1.41. The van der Waals surface area contributed by atoms with Crippen LogP contribution >= 0.6 is 0 Å². The van der Waals surface area contributed by atoms with Gasteiger partial charge >= 0.3 is 5.97 Å². The summed E-state index contributed by atoms with van der Waals surface area (Å²) in [5, 5.41) is 28.6. The first-order chi connectivity index (χ1) is 14.7. The van der Waals surface area contributed by atoms with Crippen molar-refractivity contribution < 1.29 is 20.1 Å². The predicted molar refractivity (Wildman–Crippen MR) is 123 cm³/mol. The minimum absolute atomic E-state index is 0.139. The molecule has 0 heterocycles. The van der Waals surface area contributed by atoms with E-state index in [2.05, 4.69) is 20.8 Å². The molecule has 0 bridgehead atoms. The van der Waals surface area contributed by atoms with E-state index >= 15 is 0 Å². The van der Waals surface area contributed by atoms with Gasteiger partial charge in [0.25, 0.3) is 0 Å². The second-order valence-electron chi connectivity index (χ2n) is 12.5. The van der Waals surface area contributed by atoms with Crippen molar-refractivity contribution in [2.24, 2.45) is 46.3 Å². The molecule has 4 aliphatic carbocycles. The highest BCUT2D eigenvalue weighted by molar-refractivity contribution is 5.77. The lowest BCUT2D eigenvalue weighted by Gasteiger charge is -2.61.